The number of benzene rings is 3. The maximum Gasteiger partial charge on any atom is 0.309 e. The van der Waals surface area contributed by atoms with Gasteiger partial charge in [-0.25, -0.2) is 0 Å². The Morgan fingerprint density at radius 1 is 1.00 bits per heavy atom. The first-order valence-electron chi connectivity index (χ1n) is 10.1. The van der Waals surface area contributed by atoms with E-state index in [1.807, 2.05) is 61.5 Å². The van der Waals surface area contributed by atoms with Crippen LogP contribution in [0.2, 0.25) is 0 Å². The minimum atomic E-state index is -0.437. The normalized spacial score (nSPS) is 12.1. The molecule has 2 heterocycles. The molecule has 0 bridgehead atoms. The molecule has 1 aliphatic rings. The number of carbonyl (C=O) groups is 1. The van der Waals surface area contributed by atoms with Crippen molar-refractivity contribution in [2.45, 2.75) is 13.8 Å². The van der Waals surface area contributed by atoms with Gasteiger partial charge >= 0.3 is 5.97 Å². The number of fused-ring (bicyclic) bond motifs is 1. The number of esters is 1. The van der Waals surface area contributed by atoms with Gasteiger partial charge in [-0.3, -0.25) is 4.79 Å². The van der Waals surface area contributed by atoms with E-state index >= 15 is 0 Å². The Balaban J connectivity index is 1.79. The molecule has 160 valence electrons. The van der Waals surface area contributed by atoms with E-state index in [9.17, 15) is 4.79 Å². The molecule has 3 aromatic carbocycles. The SMILES string of the molecule is CC(=O)Oc1c(-c2ccc(N)cc2)c(-c2ccc3c(c2)OCO3)nn1-c1cccc(C)c1. The third kappa shape index (κ3) is 3.54. The molecule has 4 aromatic rings. The van der Waals surface area contributed by atoms with Crippen LogP contribution in [0.3, 0.4) is 0 Å². The van der Waals surface area contributed by atoms with Crippen molar-refractivity contribution in [3.63, 3.8) is 0 Å². The molecule has 2 N–H and O–H groups in total. The van der Waals surface area contributed by atoms with Crippen molar-refractivity contribution in [1.82, 2.24) is 9.78 Å². The Hall–Kier alpha value is -4.26. The minimum Gasteiger partial charge on any atom is -0.454 e. The Kier molecular flexibility index (Phi) is 4.78. The molecular weight excluding hydrogens is 406 g/mol. The molecule has 0 radical (unpaired) electrons. The first-order valence-corrected chi connectivity index (χ1v) is 10.1. The summed E-state index contributed by atoms with van der Waals surface area (Å²) in [7, 11) is 0. The smallest absolute Gasteiger partial charge is 0.309 e. The van der Waals surface area contributed by atoms with Gasteiger partial charge in [0, 0.05) is 18.2 Å². The van der Waals surface area contributed by atoms with Crippen molar-refractivity contribution < 1.29 is 19.0 Å². The van der Waals surface area contributed by atoms with E-state index in [-0.39, 0.29) is 6.79 Å². The number of nitrogen functional groups attached to an aromatic ring is 1. The number of carbonyl (C=O) groups excluding carboxylic acids is 1. The average molecular weight is 427 g/mol. The van der Waals surface area contributed by atoms with Gasteiger partial charge in [0.15, 0.2) is 11.5 Å². The van der Waals surface area contributed by atoms with E-state index in [2.05, 4.69) is 0 Å². The van der Waals surface area contributed by atoms with Crippen LogP contribution in [0, 0.1) is 6.92 Å². The van der Waals surface area contributed by atoms with Gasteiger partial charge in [-0.05, 0) is 60.5 Å². The highest BCUT2D eigenvalue weighted by Gasteiger charge is 2.26. The summed E-state index contributed by atoms with van der Waals surface area (Å²) in [6.45, 7) is 3.55. The highest BCUT2D eigenvalue weighted by atomic mass is 16.7. The van der Waals surface area contributed by atoms with Gasteiger partial charge in [0.25, 0.3) is 0 Å². The molecule has 1 aromatic heterocycles. The second kappa shape index (κ2) is 7.77. The predicted octanol–water partition coefficient (Wildman–Crippen LogP) is 4.75. The van der Waals surface area contributed by atoms with Crippen molar-refractivity contribution in [2.75, 3.05) is 12.5 Å². The lowest BCUT2D eigenvalue weighted by Crippen LogP contribution is -2.08. The molecule has 0 spiro atoms. The van der Waals surface area contributed by atoms with Gasteiger partial charge in [0.1, 0.15) is 5.69 Å². The van der Waals surface area contributed by atoms with Crippen LogP contribution in [0.1, 0.15) is 12.5 Å². The van der Waals surface area contributed by atoms with Crippen LogP contribution in [-0.2, 0) is 4.79 Å². The summed E-state index contributed by atoms with van der Waals surface area (Å²) >= 11 is 0. The first-order chi connectivity index (χ1) is 15.5. The summed E-state index contributed by atoms with van der Waals surface area (Å²) in [5, 5.41) is 4.88. The van der Waals surface area contributed by atoms with Gasteiger partial charge in [-0.1, -0.05) is 24.3 Å². The van der Waals surface area contributed by atoms with Crippen LogP contribution < -0.4 is 19.9 Å². The molecule has 0 unspecified atom stereocenters. The van der Waals surface area contributed by atoms with Crippen molar-refractivity contribution >= 4 is 11.7 Å². The molecule has 7 nitrogen and oxygen atoms in total. The predicted molar refractivity (Wildman–Crippen MR) is 121 cm³/mol. The van der Waals surface area contributed by atoms with Crippen LogP contribution in [-0.4, -0.2) is 22.5 Å². The zero-order valence-electron chi connectivity index (χ0n) is 17.7. The van der Waals surface area contributed by atoms with Gasteiger partial charge in [0.2, 0.25) is 12.7 Å². The number of rotatable bonds is 4. The van der Waals surface area contributed by atoms with Crippen molar-refractivity contribution in [1.29, 1.82) is 0 Å². The monoisotopic (exact) mass is 427 g/mol. The third-order valence-corrected chi connectivity index (χ3v) is 5.18. The molecule has 5 rings (SSSR count). The largest absolute Gasteiger partial charge is 0.454 e. The lowest BCUT2D eigenvalue weighted by Gasteiger charge is -2.10. The van der Waals surface area contributed by atoms with Crippen LogP contribution in [0.5, 0.6) is 17.4 Å². The fourth-order valence-corrected chi connectivity index (χ4v) is 3.72. The molecule has 0 amide bonds. The maximum absolute atomic E-state index is 12.1. The second-order valence-corrected chi connectivity index (χ2v) is 7.56. The highest BCUT2D eigenvalue weighted by Crippen LogP contribution is 2.43. The zero-order chi connectivity index (χ0) is 22.2. The summed E-state index contributed by atoms with van der Waals surface area (Å²) in [6, 6.07) is 20.9. The number of nitrogens with two attached hydrogens (primary N) is 1. The Morgan fingerprint density at radius 3 is 2.50 bits per heavy atom. The van der Waals surface area contributed by atoms with Gasteiger partial charge in [-0.2, -0.15) is 9.78 Å². The fourth-order valence-electron chi connectivity index (χ4n) is 3.72. The lowest BCUT2D eigenvalue weighted by atomic mass is 10.0. The van der Waals surface area contributed by atoms with Gasteiger partial charge in [-0.15, -0.1) is 0 Å². The average Bonchev–Trinajstić information content (AvgIpc) is 3.38. The maximum atomic E-state index is 12.1. The summed E-state index contributed by atoms with van der Waals surface area (Å²) in [5.41, 5.74) is 11.3. The zero-order valence-corrected chi connectivity index (χ0v) is 17.7. The van der Waals surface area contributed by atoms with Gasteiger partial charge in [0.05, 0.1) is 11.3 Å². The molecule has 0 fully saturated rings. The Morgan fingerprint density at radius 2 is 1.75 bits per heavy atom. The van der Waals surface area contributed by atoms with E-state index < -0.39 is 5.97 Å². The first kappa shape index (κ1) is 19.7. The molecule has 0 aliphatic carbocycles. The third-order valence-electron chi connectivity index (χ3n) is 5.18. The molecule has 0 saturated carbocycles. The summed E-state index contributed by atoms with van der Waals surface area (Å²) in [5.74, 6) is 1.22. The van der Waals surface area contributed by atoms with Crippen LogP contribution in [0.4, 0.5) is 5.69 Å². The van der Waals surface area contributed by atoms with E-state index in [0.29, 0.717) is 34.3 Å². The molecular formula is C25H21N3O4. The molecule has 32 heavy (non-hydrogen) atoms. The lowest BCUT2D eigenvalue weighted by molar-refractivity contribution is -0.132. The number of anilines is 1. The summed E-state index contributed by atoms with van der Waals surface area (Å²) in [6.07, 6.45) is 0. The quantitative estimate of drug-likeness (QED) is 0.373. The van der Waals surface area contributed by atoms with E-state index in [1.54, 1.807) is 16.8 Å². The van der Waals surface area contributed by atoms with Crippen LogP contribution >= 0.6 is 0 Å². The Bertz CT molecular complexity index is 1330. The van der Waals surface area contributed by atoms with E-state index in [1.165, 1.54) is 6.92 Å². The molecule has 0 saturated heterocycles. The number of hydrogen-bond acceptors (Lipinski definition) is 6. The minimum absolute atomic E-state index is 0.181. The van der Waals surface area contributed by atoms with Crippen molar-refractivity contribution in [3.05, 3.63) is 72.3 Å². The van der Waals surface area contributed by atoms with E-state index in [0.717, 1.165) is 22.4 Å². The standard InChI is InChI=1S/C25H21N3O4/c1-15-4-3-5-20(12-15)28-25(32-16(2)29)23(17-6-9-19(26)10-7-17)24(27-28)18-8-11-21-22(13-18)31-14-30-21/h3-13H,14,26H2,1-2H3. The fraction of sp³-hybridized carbons (Fsp3) is 0.120. The number of hydrogen-bond donors (Lipinski definition) is 1. The van der Waals surface area contributed by atoms with E-state index in [4.69, 9.17) is 25.0 Å². The van der Waals surface area contributed by atoms with Crippen LogP contribution in [0.15, 0.2) is 66.7 Å². The number of ether oxygens (including phenoxy) is 3. The highest BCUT2D eigenvalue weighted by molar-refractivity contribution is 5.88. The molecule has 7 heteroatoms. The molecule has 1 aliphatic heterocycles. The van der Waals surface area contributed by atoms with Crippen LogP contribution in [0.25, 0.3) is 28.1 Å². The summed E-state index contributed by atoms with van der Waals surface area (Å²) < 4.78 is 18.4. The van der Waals surface area contributed by atoms with Crippen molar-refractivity contribution in [3.8, 4) is 45.5 Å². The summed E-state index contributed by atoms with van der Waals surface area (Å²) in [4.78, 5) is 12.1. The molecule has 0 atom stereocenters. The number of aryl methyl sites for hydroxylation is 1. The number of nitrogens with zero attached hydrogens (tertiary/aromatic N) is 2. The Labute approximate surface area is 185 Å². The second-order valence-electron chi connectivity index (χ2n) is 7.56. The van der Waals surface area contributed by atoms with Crippen molar-refractivity contribution in [2.24, 2.45) is 0 Å². The number of aromatic nitrogens is 2. The van der Waals surface area contributed by atoms with Gasteiger partial charge < -0.3 is 19.9 Å². The topological polar surface area (TPSA) is 88.6 Å².